The fraction of sp³-hybridized carbons (Fsp3) is 0.462. The Balaban J connectivity index is 1.25. The first-order valence-electron chi connectivity index (χ1n) is 12.1. The second kappa shape index (κ2) is 9.15. The number of piperidine rings is 1. The van der Waals surface area contributed by atoms with Crippen molar-refractivity contribution in [1.29, 1.82) is 0 Å². The SMILES string of the molecule is CC(C)S(=O)(=O)C1CCN(Cc2ccc(-c3cccc4nc(NC(=O)C5CC5)cn34)cc2)CC1. The smallest absolute Gasteiger partial charge is 0.228 e. The minimum atomic E-state index is -3.01. The molecule has 34 heavy (non-hydrogen) atoms. The number of carbonyl (C=O) groups is 1. The molecule has 2 aliphatic rings. The third-order valence-electron chi connectivity index (χ3n) is 7.00. The molecule has 0 spiro atoms. The molecule has 1 saturated heterocycles. The molecule has 1 aromatic carbocycles. The topological polar surface area (TPSA) is 83.8 Å². The summed E-state index contributed by atoms with van der Waals surface area (Å²) in [6, 6.07) is 14.5. The Morgan fingerprint density at radius 2 is 1.76 bits per heavy atom. The van der Waals surface area contributed by atoms with E-state index in [1.54, 1.807) is 13.8 Å². The van der Waals surface area contributed by atoms with Gasteiger partial charge in [0.15, 0.2) is 15.7 Å². The third-order valence-corrected chi connectivity index (χ3v) is 9.72. The molecule has 0 bridgehead atoms. The fourth-order valence-corrected chi connectivity index (χ4v) is 6.34. The van der Waals surface area contributed by atoms with Crippen LogP contribution < -0.4 is 5.32 Å². The molecule has 5 rings (SSSR count). The number of nitrogens with one attached hydrogen (secondary N) is 1. The van der Waals surface area contributed by atoms with Crippen LogP contribution in [0.1, 0.15) is 45.1 Å². The zero-order valence-corrected chi connectivity index (χ0v) is 20.6. The second-order valence-corrected chi connectivity index (χ2v) is 12.6. The Kier molecular flexibility index (Phi) is 6.20. The van der Waals surface area contributed by atoms with E-state index in [2.05, 4.69) is 45.5 Å². The molecule has 0 atom stereocenters. The Hall–Kier alpha value is -2.71. The maximum absolute atomic E-state index is 12.5. The van der Waals surface area contributed by atoms with E-state index in [1.165, 1.54) is 5.56 Å². The summed E-state index contributed by atoms with van der Waals surface area (Å²) in [6.07, 6.45) is 5.23. The number of sulfone groups is 1. The van der Waals surface area contributed by atoms with Crippen molar-refractivity contribution in [2.24, 2.45) is 5.92 Å². The number of aromatic nitrogens is 2. The van der Waals surface area contributed by atoms with E-state index in [0.29, 0.717) is 18.7 Å². The number of carbonyl (C=O) groups excluding carboxylic acids is 1. The first-order chi connectivity index (χ1) is 16.3. The number of benzene rings is 1. The number of amides is 1. The molecule has 180 valence electrons. The van der Waals surface area contributed by atoms with Crippen molar-refractivity contribution in [3.8, 4) is 11.3 Å². The number of pyridine rings is 1. The van der Waals surface area contributed by atoms with Gasteiger partial charge in [0.25, 0.3) is 0 Å². The quantitative estimate of drug-likeness (QED) is 0.550. The zero-order valence-electron chi connectivity index (χ0n) is 19.8. The van der Waals surface area contributed by atoms with Crippen molar-refractivity contribution < 1.29 is 13.2 Å². The Bertz CT molecular complexity index is 1290. The van der Waals surface area contributed by atoms with Gasteiger partial charge in [0.2, 0.25) is 5.91 Å². The summed E-state index contributed by atoms with van der Waals surface area (Å²) in [5.41, 5.74) is 4.10. The van der Waals surface area contributed by atoms with Gasteiger partial charge >= 0.3 is 0 Å². The average molecular weight is 481 g/mol. The predicted octanol–water partition coefficient (Wildman–Crippen LogP) is 4.14. The highest BCUT2D eigenvalue weighted by atomic mass is 32.2. The van der Waals surface area contributed by atoms with E-state index in [-0.39, 0.29) is 22.3 Å². The fourth-order valence-electron chi connectivity index (χ4n) is 4.70. The number of nitrogens with zero attached hydrogens (tertiary/aromatic N) is 3. The number of hydrogen-bond donors (Lipinski definition) is 1. The van der Waals surface area contributed by atoms with Gasteiger partial charge in [-0.15, -0.1) is 0 Å². The lowest BCUT2D eigenvalue weighted by Crippen LogP contribution is -2.41. The Morgan fingerprint density at radius 3 is 2.41 bits per heavy atom. The highest BCUT2D eigenvalue weighted by molar-refractivity contribution is 7.92. The van der Waals surface area contributed by atoms with Crippen LogP contribution in [0.2, 0.25) is 0 Å². The van der Waals surface area contributed by atoms with E-state index in [4.69, 9.17) is 0 Å². The zero-order chi connectivity index (χ0) is 23.9. The van der Waals surface area contributed by atoms with Gasteiger partial charge in [-0.05, 0) is 75.9 Å². The molecule has 1 amide bonds. The molecule has 1 saturated carbocycles. The van der Waals surface area contributed by atoms with Gasteiger partial charge in [-0.2, -0.15) is 0 Å². The molecule has 3 aromatic rings. The summed E-state index contributed by atoms with van der Waals surface area (Å²) in [4.78, 5) is 19.0. The van der Waals surface area contributed by atoms with Gasteiger partial charge in [-0.3, -0.25) is 14.1 Å². The van der Waals surface area contributed by atoms with Crippen LogP contribution in [0.4, 0.5) is 5.82 Å². The molecule has 0 radical (unpaired) electrons. The van der Waals surface area contributed by atoms with Crippen molar-refractivity contribution in [2.75, 3.05) is 18.4 Å². The van der Waals surface area contributed by atoms with Crippen molar-refractivity contribution in [3.05, 3.63) is 54.2 Å². The van der Waals surface area contributed by atoms with Crippen molar-refractivity contribution >= 4 is 27.2 Å². The van der Waals surface area contributed by atoms with Gasteiger partial charge in [-0.1, -0.05) is 30.3 Å². The van der Waals surface area contributed by atoms with Crippen LogP contribution in [0, 0.1) is 5.92 Å². The lowest BCUT2D eigenvalue weighted by atomic mass is 10.1. The number of hydrogen-bond acceptors (Lipinski definition) is 5. The standard InChI is InChI=1S/C26H32N4O3S/c1-18(2)34(32,33)22-12-14-29(15-13-22)16-19-6-8-20(9-7-19)23-4-3-5-25-27-24(17-30(23)25)28-26(31)21-10-11-21/h3-9,17-18,21-22H,10-16H2,1-2H3,(H,28,31). The molecule has 1 aliphatic carbocycles. The van der Waals surface area contributed by atoms with E-state index >= 15 is 0 Å². The lowest BCUT2D eigenvalue weighted by Gasteiger charge is -2.32. The van der Waals surface area contributed by atoms with Gasteiger partial charge in [0.1, 0.15) is 5.65 Å². The number of likely N-dealkylation sites (tertiary alicyclic amines) is 1. The highest BCUT2D eigenvalue weighted by Gasteiger charge is 2.32. The number of rotatable bonds is 7. The largest absolute Gasteiger partial charge is 0.309 e. The first-order valence-corrected chi connectivity index (χ1v) is 13.8. The lowest BCUT2D eigenvalue weighted by molar-refractivity contribution is -0.117. The second-order valence-electron chi connectivity index (χ2n) is 9.84. The minimum Gasteiger partial charge on any atom is -0.309 e. The predicted molar refractivity (Wildman–Crippen MR) is 134 cm³/mol. The summed E-state index contributed by atoms with van der Waals surface area (Å²) >= 11 is 0. The minimum absolute atomic E-state index is 0.0557. The van der Waals surface area contributed by atoms with Crippen LogP contribution in [0.3, 0.4) is 0 Å². The summed E-state index contributed by atoms with van der Waals surface area (Å²) in [7, 11) is -3.01. The maximum atomic E-state index is 12.5. The van der Waals surface area contributed by atoms with Gasteiger partial charge in [0.05, 0.1) is 22.4 Å². The van der Waals surface area contributed by atoms with Gasteiger partial charge in [-0.25, -0.2) is 13.4 Å². The highest BCUT2D eigenvalue weighted by Crippen LogP contribution is 2.30. The van der Waals surface area contributed by atoms with Crippen LogP contribution in [-0.4, -0.2) is 52.2 Å². The molecule has 2 fully saturated rings. The molecule has 1 N–H and O–H groups in total. The van der Waals surface area contributed by atoms with Crippen LogP contribution in [0.25, 0.3) is 16.9 Å². The Labute approximate surface area is 201 Å². The number of imidazole rings is 1. The molecule has 7 nitrogen and oxygen atoms in total. The monoisotopic (exact) mass is 480 g/mol. The van der Waals surface area contributed by atoms with Gasteiger partial charge < -0.3 is 5.32 Å². The van der Waals surface area contributed by atoms with Crippen LogP contribution >= 0.6 is 0 Å². The normalized spacial score (nSPS) is 18.0. The van der Waals surface area contributed by atoms with Crippen molar-refractivity contribution in [1.82, 2.24) is 14.3 Å². The van der Waals surface area contributed by atoms with Crippen molar-refractivity contribution in [3.63, 3.8) is 0 Å². The average Bonchev–Trinajstić information content (AvgIpc) is 3.60. The molecule has 2 aromatic heterocycles. The van der Waals surface area contributed by atoms with E-state index in [9.17, 15) is 13.2 Å². The summed E-state index contributed by atoms with van der Waals surface area (Å²) in [5, 5.41) is 2.42. The van der Waals surface area contributed by atoms with E-state index in [1.807, 2.05) is 22.7 Å². The first kappa shape index (κ1) is 23.1. The molecule has 1 aliphatic heterocycles. The summed E-state index contributed by atoms with van der Waals surface area (Å²) < 4.78 is 26.9. The maximum Gasteiger partial charge on any atom is 0.228 e. The number of anilines is 1. The van der Waals surface area contributed by atoms with E-state index in [0.717, 1.165) is 49.4 Å². The molecule has 8 heteroatoms. The third kappa shape index (κ3) is 4.74. The Morgan fingerprint density at radius 1 is 1.06 bits per heavy atom. The molecule has 0 unspecified atom stereocenters. The molecule has 3 heterocycles. The molecular weight excluding hydrogens is 448 g/mol. The van der Waals surface area contributed by atoms with Gasteiger partial charge in [0, 0.05) is 12.5 Å². The molecular formula is C26H32N4O3S. The summed E-state index contributed by atoms with van der Waals surface area (Å²) in [6.45, 7) is 5.99. The van der Waals surface area contributed by atoms with Crippen LogP contribution in [-0.2, 0) is 21.2 Å². The van der Waals surface area contributed by atoms with E-state index < -0.39 is 9.84 Å². The van der Waals surface area contributed by atoms with Crippen LogP contribution in [0.5, 0.6) is 0 Å². The van der Waals surface area contributed by atoms with Crippen molar-refractivity contribution in [2.45, 2.75) is 56.6 Å². The number of fused-ring (bicyclic) bond motifs is 1. The van der Waals surface area contributed by atoms with Crippen LogP contribution in [0.15, 0.2) is 48.7 Å². The summed E-state index contributed by atoms with van der Waals surface area (Å²) in [5.74, 6) is 0.784.